The van der Waals surface area contributed by atoms with Crippen LogP contribution in [-0.2, 0) is 4.79 Å². The lowest BCUT2D eigenvalue weighted by atomic mass is 10.2. The van der Waals surface area contributed by atoms with E-state index in [0.29, 0.717) is 0 Å². The van der Waals surface area contributed by atoms with Gasteiger partial charge in [-0.3, -0.25) is 35.3 Å². The maximum Gasteiger partial charge on any atom is 0.433 e. The van der Waals surface area contributed by atoms with Gasteiger partial charge in [0, 0.05) is 12.5 Å². The molecule has 0 bridgehead atoms. The van der Waals surface area contributed by atoms with Gasteiger partial charge in [-0.15, -0.1) is 0 Å². The minimum Gasteiger partial charge on any atom is -0.425 e. The number of esters is 1. The van der Waals surface area contributed by atoms with Gasteiger partial charge in [-0.1, -0.05) is 11.6 Å². The van der Waals surface area contributed by atoms with Crippen LogP contribution in [0.4, 0.5) is 5.88 Å². The number of rotatable bonds is 4. The molecule has 2 rings (SSSR count). The summed E-state index contributed by atoms with van der Waals surface area (Å²) in [6, 6.07) is 5.97. The van der Waals surface area contributed by atoms with E-state index >= 15 is 0 Å². The van der Waals surface area contributed by atoms with Crippen molar-refractivity contribution < 1.29 is 28.5 Å². The fourth-order valence-corrected chi connectivity index (χ4v) is 1.89. The van der Waals surface area contributed by atoms with Gasteiger partial charge in [0.15, 0.2) is 0 Å². The van der Waals surface area contributed by atoms with Crippen LogP contribution in [0.1, 0.15) is 27.8 Å². The average molecular weight is 368 g/mol. The first-order valence-electron chi connectivity index (χ1n) is 6.61. The van der Waals surface area contributed by atoms with Crippen LogP contribution >= 0.6 is 11.6 Å². The van der Waals surface area contributed by atoms with Crippen LogP contribution in [0.3, 0.4) is 0 Å². The van der Waals surface area contributed by atoms with E-state index in [9.17, 15) is 24.5 Å². The van der Waals surface area contributed by atoms with E-state index in [2.05, 4.69) is 9.84 Å². The number of amides is 2. The highest BCUT2D eigenvalue weighted by molar-refractivity contribution is 6.32. The van der Waals surface area contributed by atoms with Crippen LogP contribution < -0.4 is 15.6 Å². The van der Waals surface area contributed by atoms with Gasteiger partial charge in [0.1, 0.15) is 10.7 Å². The Labute approximate surface area is 144 Å². The average Bonchev–Trinajstić information content (AvgIpc) is 3.04. The highest BCUT2D eigenvalue weighted by Gasteiger charge is 2.18. The van der Waals surface area contributed by atoms with Crippen LogP contribution in [0.5, 0.6) is 5.75 Å². The molecule has 2 N–H and O–H groups in total. The predicted octanol–water partition coefficient (Wildman–Crippen LogP) is 1.84. The Kier molecular flexibility index (Phi) is 5.35. The summed E-state index contributed by atoms with van der Waals surface area (Å²) < 4.78 is 9.50. The molecule has 130 valence electrons. The predicted molar refractivity (Wildman–Crippen MR) is 83.1 cm³/mol. The van der Waals surface area contributed by atoms with Gasteiger partial charge in [-0.25, -0.2) is 0 Å². The Balaban J connectivity index is 1.99. The van der Waals surface area contributed by atoms with Gasteiger partial charge in [0.25, 0.3) is 5.91 Å². The topological polar surface area (TPSA) is 141 Å². The van der Waals surface area contributed by atoms with Gasteiger partial charge in [-0.2, -0.15) is 0 Å². The highest BCUT2D eigenvalue weighted by atomic mass is 35.5. The van der Waals surface area contributed by atoms with Crippen LogP contribution in [0.15, 0.2) is 34.7 Å². The molecule has 0 aliphatic rings. The second-order valence-corrected chi connectivity index (χ2v) is 4.95. The van der Waals surface area contributed by atoms with E-state index in [-0.39, 0.29) is 22.1 Å². The molecule has 2 amide bonds. The number of nitrogens with one attached hydrogen (secondary N) is 2. The van der Waals surface area contributed by atoms with Crippen molar-refractivity contribution >= 4 is 35.3 Å². The molecule has 1 aromatic heterocycles. The standard InChI is InChI=1S/C14H10ClN3O7/c1-7(19)24-10-3-2-8(6-9(10)15)13(20)16-17-14(21)11-4-5-12(25-11)18(22)23/h2-6H,1H3,(H,16,20)(H,17,21). The number of hydrazine groups is 1. The van der Waals surface area contributed by atoms with E-state index in [4.69, 9.17) is 16.3 Å². The van der Waals surface area contributed by atoms with Gasteiger partial charge >= 0.3 is 17.8 Å². The van der Waals surface area contributed by atoms with Gasteiger partial charge in [0.05, 0.1) is 11.1 Å². The monoisotopic (exact) mass is 367 g/mol. The second-order valence-electron chi connectivity index (χ2n) is 4.54. The molecule has 0 fully saturated rings. The van der Waals surface area contributed by atoms with Crippen molar-refractivity contribution in [3.63, 3.8) is 0 Å². The number of carbonyl (C=O) groups excluding carboxylic acids is 3. The summed E-state index contributed by atoms with van der Waals surface area (Å²) in [7, 11) is 0. The molecule has 0 atom stereocenters. The van der Waals surface area contributed by atoms with E-state index in [1.165, 1.54) is 25.1 Å². The Morgan fingerprint density at radius 2 is 1.84 bits per heavy atom. The zero-order chi connectivity index (χ0) is 18.6. The molecule has 0 saturated heterocycles. The number of carbonyl (C=O) groups is 3. The van der Waals surface area contributed by atoms with Crippen molar-refractivity contribution in [2.24, 2.45) is 0 Å². The minimum atomic E-state index is -0.885. The lowest BCUT2D eigenvalue weighted by Gasteiger charge is -2.08. The molecule has 0 saturated carbocycles. The van der Waals surface area contributed by atoms with Crippen molar-refractivity contribution in [3.8, 4) is 5.75 Å². The molecule has 25 heavy (non-hydrogen) atoms. The third-order valence-electron chi connectivity index (χ3n) is 2.73. The summed E-state index contributed by atoms with van der Waals surface area (Å²) in [4.78, 5) is 44.2. The molecule has 0 aliphatic carbocycles. The molecular formula is C14H10ClN3O7. The third kappa shape index (κ3) is 4.54. The fraction of sp³-hybridized carbons (Fsp3) is 0.0714. The van der Waals surface area contributed by atoms with Crippen LogP contribution in [0.25, 0.3) is 0 Å². The molecule has 0 spiro atoms. The minimum absolute atomic E-state index is 0.0239. The first kappa shape index (κ1) is 17.9. The molecule has 1 aromatic carbocycles. The highest BCUT2D eigenvalue weighted by Crippen LogP contribution is 2.25. The van der Waals surface area contributed by atoms with Gasteiger partial charge in [0.2, 0.25) is 5.76 Å². The molecular weight excluding hydrogens is 358 g/mol. The number of furan rings is 1. The molecule has 1 heterocycles. The lowest BCUT2D eigenvalue weighted by molar-refractivity contribution is -0.402. The van der Waals surface area contributed by atoms with Gasteiger partial charge in [-0.05, 0) is 24.3 Å². The number of nitro groups is 1. The number of ether oxygens (including phenoxy) is 1. The Morgan fingerprint density at radius 3 is 2.40 bits per heavy atom. The van der Waals surface area contributed by atoms with Crippen molar-refractivity contribution in [3.05, 3.63) is 56.8 Å². The Hall–Kier alpha value is -3.40. The van der Waals surface area contributed by atoms with E-state index in [1.54, 1.807) is 0 Å². The van der Waals surface area contributed by atoms with Crippen molar-refractivity contribution in [2.45, 2.75) is 6.92 Å². The molecule has 0 radical (unpaired) electrons. The number of benzene rings is 1. The zero-order valence-electron chi connectivity index (χ0n) is 12.6. The maximum atomic E-state index is 11.9. The molecule has 0 unspecified atom stereocenters. The smallest absolute Gasteiger partial charge is 0.425 e. The first-order chi connectivity index (χ1) is 11.8. The van der Waals surface area contributed by atoms with Crippen LogP contribution in [0.2, 0.25) is 5.02 Å². The summed E-state index contributed by atoms with van der Waals surface area (Å²) in [5.74, 6) is -3.05. The Morgan fingerprint density at radius 1 is 1.16 bits per heavy atom. The van der Waals surface area contributed by atoms with E-state index in [1.807, 2.05) is 5.43 Å². The summed E-state index contributed by atoms with van der Waals surface area (Å²) in [6.07, 6.45) is 0. The first-order valence-corrected chi connectivity index (χ1v) is 6.98. The molecule has 0 aliphatic heterocycles. The normalized spacial score (nSPS) is 10.0. The van der Waals surface area contributed by atoms with Crippen molar-refractivity contribution in [1.29, 1.82) is 0 Å². The summed E-state index contributed by atoms with van der Waals surface area (Å²) in [6.45, 7) is 1.20. The summed E-state index contributed by atoms with van der Waals surface area (Å²) >= 11 is 5.89. The van der Waals surface area contributed by atoms with E-state index < -0.39 is 28.6 Å². The van der Waals surface area contributed by atoms with Crippen LogP contribution in [0, 0.1) is 10.1 Å². The van der Waals surface area contributed by atoms with Crippen LogP contribution in [-0.4, -0.2) is 22.7 Å². The maximum absolute atomic E-state index is 11.9. The summed E-state index contributed by atoms with van der Waals surface area (Å²) in [5, 5.41) is 10.5. The number of hydrogen-bond acceptors (Lipinski definition) is 7. The van der Waals surface area contributed by atoms with E-state index in [0.717, 1.165) is 12.1 Å². The van der Waals surface area contributed by atoms with Crippen molar-refractivity contribution in [2.75, 3.05) is 0 Å². The largest absolute Gasteiger partial charge is 0.433 e. The fourth-order valence-electron chi connectivity index (χ4n) is 1.67. The quantitative estimate of drug-likeness (QED) is 0.363. The SMILES string of the molecule is CC(=O)Oc1ccc(C(=O)NNC(=O)c2ccc([N+](=O)[O-])o2)cc1Cl. The molecule has 2 aromatic rings. The second kappa shape index (κ2) is 7.45. The third-order valence-corrected chi connectivity index (χ3v) is 3.03. The lowest BCUT2D eigenvalue weighted by Crippen LogP contribution is -2.41. The molecule has 11 heteroatoms. The zero-order valence-corrected chi connectivity index (χ0v) is 13.3. The number of nitrogens with zero attached hydrogens (tertiary/aromatic N) is 1. The number of hydrogen-bond donors (Lipinski definition) is 2. The summed E-state index contributed by atoms with van der Waals surface area (Å²) in [5.41, 5.74) is 4.20. The molecule has 10 nitrogen and oxygen atoms in total. The number of halogens is 1. The van der Waals surface area contributed by atoms with Crippen molar-refractivity contribution in [1.82, 2.24) is 10.9 Å². The Bertz CT molecular complexity index is 862. The van der Waals surface area contributed by atoms with Gasteiger partial charge < -0.3 is 9.15 Å².